The molecule has 1 aliphatic heterocycles. The Kier molecular flexibility index (Phi) is 3.12. The zero-order valence-electron chi connectivity index (χ0n) is 10.1. The molecule has 1 amide bonds. The van der Waals surface area contributed by atoms with E-state index in [0.29, 0.717) is 13.0 Å². The van der Waals surface area contributed by atoms with Gasteiger partial charge in [0.1, 0.15) is 0 Å². The second kappa shape index (κ2) is 4.56. The number of carbonyl (C=O) groups excluding carboxylic acids is 1. The molecule has 4 nitrogen and oxygen atoms in total. The van der Waals surface area contributed by atoms with Crippen LogP contribution in [0.15, 0.2) is 18.2 Å². The summed E-state index contributed by atoms with van der Waals surface area (Å²) in [6, 6.07) is 8.18. The van der Waals surface area contributed by atoms with Crippen molar-refractivity contribution in [3.8, 4) is 6.07 Å². The third kappa shape index (κ3) is 2.29. The first kappa shape index (κ1) is 11.6. The van der Waals surface area contributed by atoms with Crippen LogP contribution < -0.4 is 4.90 Å². The fraction of sp³-hybridized carbons (Fsp3) is 0.385. The van der Waals surface area contributed by atoms with Gasteiger partial charge in [-0.1, -0.05) is 12.1 Å². The summed E-state index contributed by atoms with van der Waals surface area (Å²) < 4.78 is 0. The molecule has 0 aliphatic carbocycles. The van der Waals surface area contributed by atoms with Gasteiger partial charge in [0.05, 0.1) is 19.0 Å². The van der Waals surface area contributed by atoms with E-state index in [9.17, 15) is 4.79 Å². The lowest BCUT2D eigenvalue weighted by molar-refractivity contribution is -0.117. The highest BCUT2D eigenvalue weighted by atomic mass is 16.2. The Balaban J connectivity index is 2.16. The van der Waals surface area contributed by atoms with Gasteiger partial charge in [0.25, 0.3) is 0 Å². The summed E-state index contributed by atoms with van der Waals surface area (Å²) >= 11 is 0. The molecule has 0 N–H and O–H groups in total. The molecule has 0 atom stereocenters. The molecule has 0 aromatic heterocycles. The minimum absolute atomic E-state index is 0.141. The number of carbonyl (C=O) groups is 1. The average molecular weight is 229 g/mol. The van der Waals surface area contributed by atoms with Crippen molar-refractivity contribution in [2.45, 2.75) is 13.0 Å². The first-order valence-corrected chi connectivity index (χ1v) is 5.55. The van der Waals surface area contributed by atoms with Crippen LogP contribution in [-0.4, -0.2) is 31.4 Å². The molecule has 17 heavy (non-hydrogen) atoms. The van der Waals surface area contributed by atoms with E-state index in [4.69, 9.17) is 5.26 Å². The zero-order chi connectivity index (χ0) is 12.4. The third-order valence-corrected chi connectivity index (χ3v) is 3.01. The van der Waals surface area contributed by atoms with Crippen LogP contribution in [0.2, 0.25) is 0 Å². The number of benzene rings is 1. The highest BCUT2D eigenvalue weighted by molar-refractivity contribution is 6.00. The fourth-order valence-electron chi connectivity index (χ4n) is 2.11. The molecular weight excluding hydrogens is 214 g/mol. The minimum Gasteiger partial charge on any atom is -0.315 e. The number of anilines is 1. The number of hydrogen-bond donors (Lipinski definition) is 0. The number of hydrogen-bond acceptors (Lipinski definition) is 3. The molecule has 0 fully saturated rings. The van der Waals surface area contributed by atoms with E-state index >= 15 is 0 Å². The smallest absolute Gasteiger partial charge is 0.231 e. The normalized spacial score (nSPS) is 14.0. The van der Waals surface area contributed by atoms with Crippen LogP contribution in [0.3, 0.4) is 0 Å². The van der Waals surface area contributed by atoms with Crippen LogP contribution in [0.4, 0.5) is 5.69 Å². The molecule has 88 valence electrons. The first-order valence-electron chi connectivity index (χ1n) is 5.55. The molecule has 1 aliphatic rings. The highest BCUT2D eigenvalue weighted by Crippen LogP contribution is 2.28. The van der Waals surface area contributed by atoms with Gasteiger partial charge >= 0.3 is 0 Å². The van der Waals surface area contributed by atoms with Gasteiger partial charge in [0.15, 0.2) is 0 Å². The van der Waals surface area contributed by atoms with Crippen molar-refractivity contribution in [2.24, 2.45) is 0 Å². The number of nitriles is 1. The number of rotatable bonds is 3. The van der Waals surface area contributed by atoms with Gasteiger partial charge in [-0.15, -0.1) is 0 Å². The predicted molar refractivity (Wildman–Crippen MR) is 65.5 cm³/mol. The van der Waals surface area contributed by atoms with Crippen molar-refractivity contribution < 1.29 is 4.79 Å². The van der Waals surface area contributed by atoms with Crippen molar-refractivity contribution in [3.05, 3.63) is 29.3 Å². The van der Waals surface area contributed by atoms with Gasteiger partial charge in [-0.3, -0.25) is 9.69 Å². The SMILES string of the molecule is CN(CC#N)Cc1ccc2c(c1)CC(=O)N2C. The molecule has 1 aromatic carbocycles. The van der Waals surface area contributed by atoms with E-state index in [-0.39, 0.29) is 5.91 Å². The van der Waals surface area contributed by atoms with Gasteiger partial charge in [0.2, 0.25) is 5.91 Å². The first-order chi connectivity index (χ1) is 8.11. The summed E-state index contributed by atoms with van der Waals surface area (Å²) in [6.07, 6.45) is 0.488. The van der Waals surface area contributed by atoms with Crippen molar-refractivity contribution in [2.75, 3.05) is 25.5 Å². The van der Waals surface area contributed by atoms with Crippen LogP contribution in [0.25, 0.3) is 0 Å². The van der Waals surface area contributed by atoms with Gasteiger partial charge in [0, 0.05) is 19.3 Å². The molecule has 0 radical (unpaired) electrons. The Bertz CT molecular complexity index is 490. The predicted octanol–water partition coefficient (Wildman–Crippen LogP) is 1.16. The molecule has 1 heterocycles. The van der Waals surface area contributed by atoms with Gasteiger partial charge in [-0.05, 0) is 24.2 Å². The second-order valence-corrected chi connectivity index (χ2v) is 4.42. The molecule has 4 heteroatoms. The van der Waals surface area contributed by atoms with Gasteiger partial charge in [-0.2, -0.15) is 5.26 Å². The third-order valence-electron chi connectivity index (χ3n) is 3.01. The largest absolute Gasteiger partial charge is 0.315 e. The zero-order valence-corrected chi connectivity index (χ0v) is 10.1. The van der Waals surface area contributed by atoms with Gasteiger partial charge < -0.3 is 4.90 Å². The van der Waals surface area contributed by atoms with Crippen molar-refractivity contribution in [3.63, 3.8) is 0 Å². The summed E-state index contributed by atoms with van der Waals surface area (Å²) in [5.41, 5.74) is 3.23. The van der Waals surface area contributed by atoms with E-state index in [0.717, 1.165) is 23.4 Å². The molecule has 2 rings (SSSR count). The quantitative estimate of drug-likeness (QED) is 0.731. The summed E-state index contributed by atoms with van der Waals surface area (Å²) in [5.74, 6) is 0.141. The fourth-order valence-corrected chi connectivity index (χ4v) is 2.11. The van der Waals surface area contributed by atoms with Crippen LogP contribution >= 0.6 is 0 Å². The molecular formula is C13H15N3O. The maximum atomic E-state index is 11.5. The van der Waals surface area contributed by atoms with E-state index in [1.54, 1.807) is 11.9 Å². The van der Waals surface area contributed by atoms with E-state index in [1.807, 2.05) is 24.1 Å². The van der Waals surface area contributed by atoms with Crippen molar-refractivity contribution in [1.82, 2.24) is 4.90 Å². The molecule has 1 aromatic rings. The highest BCUT2D eigenvalue weighted by Gasteiger charge is 2.23. The number of fused-ring (bicyclic) bond motifs is 1. The Morgan fingerprint density at radius 1 is 1.53 bits per heavy atom. The maximum absolute atomic E-state index is 11.5. The molecule has 0 saturated carbocycles. The topological polar surface area (TPSA) is 47.3 Å². The number of amides is 1. The molecule has 0 spiro atoms. The summed E-state index contributed by atoms with van der Waals surface area (Å²) in [4.78, 5) is 15.2. The minimum atomic E-state index is 0.141. The number of nitrogens with zero attached hydrogens (tertiary/aromatic N) is 3. The van der Waals surface area contributed by atoms with Crippen molar-refractivity contribution >= 4 is 11.6 Å². The lowest BCUT2D eigenvalue weighted by atomic mass is 10.1. The number of likely N-dealkylation sites (N-methyl/N-ethyl adjacent to an activating group) is 1. The Labute approximate surface area is 101 Å². The maximum Gasteiger partial charge on any atom is 0.231 e. The summed E-state index contributed by atoms with van der Waals surface area (Å²) in [5, 5.41) is 8.60. The second-order valence-electron chi connectivity index (χ2n) is 4.42. The van der Waals surface area contributed by atoms with Crippen molar-refractivity contribution in [1.29, 1.82) is 5.26 Å². The van der Waals surface area contributed by atoms with Crippen LogP contribution in [0, 0.1) is 11.3 Å². The van der Waals surface area contributed by atoms with Crippen LogP contribution in [-0.2, 0) is 17.8 Å². The molecule has 0 unspecified atom stereocenters. The molecule has 0 bridgehead atoms. The van der Waals surface area contributed by atoms with E-state index in [1.165, 1.54) is 0 Å². The summed E-state index contributed by atoms with van der Waals surface area (Å²) in [6.45, 7) is 1.15. The monoisotopic (exact) mass is 229 g/mol. The van der Waals surface area contributed by atoms with Crippen LogP contribution in [0.1, 0.15) is 11.1 Å². The Hall–Kier alpha value is -1.86. The lowest BCUT2D eigenvalue weighted by Gasteiger charge is -2.14. The lowest BCUT2D eigenvalue weighted by Crippen LogP contribution is -2.20. The Morgan fingerprint density at radius 2 is 2.29 bits per heavy atom. The average Bonchev–Trinajstić information content (AvgIpc) is 2.55. The van der Waals surface area contributed by atoms with Gasteiger partial charge in [-0.25, -0.2) is 0 Å². The van der Waals surface area contributed by atoms with E-state index in [2.05, 4.69) is 12.1 Å². The van der Waals surface area contributed by atoms with Crippen LogP contribution in [0.5, 0.6) is 0 Å². The van der Waals surface area contributed by atoms with E-state index < -0.39 is 0 Å². The summed E-state index contributed by atoms with van der Waals surface area (Å²) in [7, 11) is 3.71. The molecule has 0 saturated heterocycles. The Morgan fingerprint density at radius 3 is 3.00 bits per heavy atom. The standard InChI is InChI=1S/C13H15N3O/c1-15(6-5-14)9-10-3-4-12-11(7-10)8-13(17)16(12)2/h3-4,7H,6,8-9H2,1-2H3.